The quantitative estimate of drug-likeness (QED) is 0.260. The molecule has 0 aromatic carbocycles. The fourth-order valence-corrected chi connectivity index (χ4v) is 2.76. The molecule has 0 amide bonds. The topological polar surface area (TPSA) is 141 Å². The molecule has 0 saturated heterocycles. The number of carboxylic acid groups (broad SMARTS) is 3. The van der Waals surface area contributed by atoms with Crippen LogP contribution >= 0.6 is 0 Å². The molecule has 0 aromatic rings. The second-order valence-corrected chi connectivity index (χ2v) is 8.61. The van der Waals surface area contributed by atoms with Crippen LogP contribution in [0.25, 0.3) is 0 Å². The van der Waals surface area contributed by atoms with Gasteiger partial charge >= 0.3 is 0 Å². The number of rotatable bonds is 16. The first-order valence-electron chi connectivity index (χ1n) is 10.5. The maximum absolute atomic E-state index is 10.1. The first kappa shape index (κ1) is 29.5. The first-order valence-corrected chi connectivity index (χ1v) is 10.5. The van der Waals surface area contributed by atoms with Gasteiger partial charge in [0.05, 0.1) is 33.7 Å². The van der Waals surface area contributed by atoms with E-state index in [2.05, 4.69) is 28.1 Å². The summed E-state index contributed by atoms with van der Waals surface area (Å²) in [5.41, 5.74) is -2.97. The fourth-order valence-electron chi connectivity index (χ4n) is 2.76. The van der Waals surface area contributed by atoms with Crippen molar-refractivity contribution in [1.29, 1.82) is 0 Å². The van der Waals surface area contributed by atoms with Gasteiger partial charge in [0.25, 0.3) is 0 Å². The molecule has 0 heterocycles. The largest absolute Gasteiger partial charge is 0.550 e. The number of nitrogens with zero attached hydrogens (tertiary/aromatic N) is 1. The van der Waals surface area contributed by atoms with Crippen molar-refractivity contribution in [3.63, 3.8) is 0 Å². The minimum atomic E-state index is -2.97. The summed E-state index contributed by atoms with van der Waals surface area (Å²) >= 11 is 0. The third-order valence-electron chi connectivity index (χ3n) is 4.44. The van der Waals surface area contributed by atoms with Crippen LogP contribution in [-0.2, 0) is 14.4 Å². The highest BCUT2D eigenvalue weighted by Gasteiger charge is 2.29. The number of unbranched alkanes of at least 4 members (excludes halogenated alkanes) is 9. The van der Waals surface area contributed by atoms with Crippen LogP contribution in [0.1, 0.15) is 84.0 Å². The zero-order valence-electron chi connectivity index (χ0n) is 18.5. The molecule has 8 heteroatoms. The molecule has 0 aliphatic heterocycles. The van der Waals surface area contributed by atoms with E-state index in [9.17, 15) is 29.7 Å². The average Bonchev–Trinajstić information content (AvgIpc) is 2.54. The maximum atomic E-state index is 10.1. The number of hydrogen-bond acceptors (Lipinski definition) is 7. The minimum Gasteiger partial charge on any atom is -0.550 e. The van der Waals surface area contributed by atoms with Gasteiger partial charge in [0.15, 0.2) is 0 Å². The van der Waals surface area contributed by atoms with Gasteiger partial charge in [-0.15, -0.1) is 0 Å². The standard InChI is InChI=1S/C15H34N.C6H8O7/c1-5-6-7-8-9-10-11-12-13-14-15-16(2,3)4;7-3(8)1-6(13,5(11)12)2-4(9)10/h5-15H2,1-4H3;13H,1-2H2,(H,7,8)(H,9,10)(H,11,12)/q+1;/p-3. The van der Waals surface area contributed by atoms with E-state index >= 15 is 0 Å². The number of carbonyl (C=O) groups is 3. The van der Waals surface area contributed by atoms with E-state index in [1.54, 1.807) is 0 Å². The first-order chi connectivity index (χ1) is 13.3. The van der Waals surface area contributed by atoms with E-state index in [-0.39, 0.29) is 0 Å². The van der Waals surface area contributed by atoms with Crippen molar-refractivity contribution in [2.24, 2.45) is 0 Å². The summed E-state index contributed by atoms with van der Waals surface area (Å²) < 4.78 is 1.12. The predicted molar refractivity (Wildman–Crippen MR) is 104 cm³/mol. The Bertz CT molecular complexity index is 456. The number of quaternary nitrogens is 1. The number of carboxylic acids is 3. The lowest BCUT2D eigenvalue weighted by Gasteiger charge is -2.29. The lowest BCUT2D eigenvalue weighted by molar-refractivity contribution is -0.870. The lowest BCUT2D eigenvalue weighted by atomic mass is 9.96. The molecule has 0 radical (unpaired) electrons. The van der Waals surface area contributed by atoms with E-state index in [1.165, 1.54) is 70.8 Å². The molecule has 0 saturated carbocycles. The van der Waals surface area contributed by atoms with Crippen molar-refractivity contribution in [2.75, 3.05) is 27.7 Å². The van der Waals surface area contributed by atoms with Gasteiger partial charge in [0, 0.05) is 24.8 Å². The van der Waals surface area contributed by atoms with Gasteiger partial charge in [-0.2, -0.15) is 0 Å². The van der Waals surface area contributed by atoms with Crippen molar-refractivity contribution in [1.82, 2.24) is 0 Å². The number of aliphatic hydroxyl groups is 1. The summed E-state index contributed by atoms with van der Waals surface area (Å²) in [4.78, 5) is 30.0. The van der Waals surface area contributed by atoms with Gasteiger partial charge in [-0.1, -0.05) is 58.3 Å². The monoisotopic (exact) mass is 417 g/mol. The molecule has 0 fully saturated rings. The smallest absolute Gasteiger partial charge is 0.114 e. The van der Waals surface area contributed by atoms with Gasteiger partial charge in [-0.05, 0) is 12.8 Å². The number of carbonyl (C=O) groups excluding carboxylic acids is 3. The Hall–Kier alpha value is -1.67. The highest BCUT2D eigenvalue weighted by molar-refractivity contribution is 5.86. The molecule has 0 unspecified atom stereocenters. The maximum Gasteiger partial charge on any atom is 0.114 e. The van der Waals surface area contributed by atoms with Crippen molar-refractivity contribution in [2.45, 2.75) is 89.6 Å². The summed E-state index contributed by atoms with van der Waals surface area (Å²) in [7, 11) is 6.86. The molecule has 0 atom stereocenters. The van der Waals surface area contributed by atoms with Crippen LogP contribution in [0.4, 0.5) is 0 Å². The summed E-state index contributed by atoms with van der Waals surface area (Å²) in [6.45, 7) is 3.62. The van der Waals surface area contributed by atoms with Gasteiger partial charge < -0.3 is 39.3 Å². The molecule has 0 aliphatic carbocycles. The molecule has 1 N–H and O–H groups in total. The van der Waals surface area contributed by atoms with Crippen LogP contribution in [-0.4, -0.2) is 60.8 Å². The Kier molecular flexibility index (Phi) is 16.5. The van der Waals surface area contributed by atoms with Gasteiger partial charge in [0.1, 0.15) is 5.60 Å². The highest BCUT2D eigenvalue weighted by atomic mass is 16.4. The molecular weight excluding hydrogens is 378 g/mol. The van der Waals surface area contributed by atoms with E-state index in [0.29, 0.717) is 0 Å². The Morgan fingerprint density at radius 1 is 0.724 bits per heavy atom. The molecule has 0 bridgehead atoms. The molecular formula is C21H39NO7-2. The van der Waals surface area contributed by atoms with Crippen molar-refractivity contribution < 1.29 is 39.3 Å². The normalized spacial score (nSPS) is 11.5. The summed E-state index contributed by atoms with van der Waals surface area (Å²) in [6.07, 6.45) is 11.7. The van der Waals surface area contributed by atoms with Crippen LogP contribution in [0.3, 0.4) is 0 Å². The third-order valence-corrected chi connectivity index (χ3v) is 4.44. The van der Waals surface area contributed by atoms with Crippen LogP contribution < -0.4 is 15.3 Å². The predicted octanol–water partition coefficient (Wildman–Crippen LogP) is -0.639. The average molecular weight is 418 g/mol. The van der Waals surface area contributed by atoms with Crippen molar-refractivity contribution in [3.8, 4) is 0 Å². The van der Waals surface area contributed by atoms with Crippen LogP contribution in [0.15, 0.2) is 0 Å². The van der Waals surface area contributed by atoms with E-state index in [1.807, 2.05) is 0 Å². The van der Waals surface area contributed by atoms with Gasteiger partial charge in [-0.3, -0.25) is 0 Å². The Labute approximate surface area is 175 Å². The van der Waals surface area contributed by atoms with Gasteiger partial charge in [-0.25, -0.2) is 0 Å². The van der Waals surface area contributed by atoms with E-state index < -0.39 is 36.4 Å². The summed E-state index contributed by atoms with van der Waals surface area (Å²) in [5, 5.41) is 38.9. The molecule has 0 aliphatic rings. The van der Waals surface area contributed by atoms with Crippen molar-refractivity contribution >= 4 is 17.9 Å². The molecule has 8 nitrogen and oxygen atoms in total. The molecule has 0 aromatic heterocycles. The van der Waals surface area contributed by atoms with Crippen LogP contribution in [0, 0.1) is 0 Å². The molecule has 0 rings (SSSR count). The van der Waals surface area contributed by atoms with E-state index in [0.717, 1.165) is 4.48 Å². The molecule has 29 heavy (non-hydrogen) atoms. The molecule has 172 valence electrons. The number of aliphatic carboxylic acids is 3. The van der Waals surface area contributed by atoms with E-state index in [4.69, 9.17) is 5.11 Å². The lowest BCUT2D eigenvalue weighted by Crippen LogP contribution is -2.54. The van der Waals surface area contributed by atoms with Crippen LogP contribution in [0.5, 0.6) is 0 Å². The summed E-state index contributed by atoms with van der Waals surface area (Å²) in [6, 6.07) is 0. The Balaban J connectivity index is 0. The fraction of sp³-hybridized carbons (Fsp3) is 0.857. The van der Waals surface area contributed by atoms with Crippen molar-refractivity contribution in [3.05, 3.63) is 0 Å². The highest BCUT2D eigenvalue weighted by Crippen LogP contribution is 2.13. The Morgan fingerprint density at radius 3 is 1.34 bits per heavy atom. The molecule has 0 spiro atoms. The second-order valence-electron chi connectivity index (χ2n) is 8.61. The third kappa shape index (κ3) is 20.9. The zero-order chi connectivity index (χ0) is 22.9. The van der Waals surface area contributed by atoms with Crippen LogP contribution in [0.2, 0.25) is 0 Å². The SMILES string of the molecule is CCCCCCCCCCCC[N+](C)(C)C.O=C([O-])CC(O)(CC(=O)[O-])C(=O)[O-]. The Morgan fingerprint density at radius 2 is 1.07 bits per heavy atom. The minimum absolute atomic E-state index is 1.12. The summed E-state index contributed by atoms with van der Waals surface area (Å²) in [5.74, 6) is -5.98. The second kappa shape index (κ2) is 16.2. The van der Waals surface area contributed by atoms with Gasteiger partial charge in [0.2, 0.25) is 0 Å². The zero-order valence-corrected chi connectivity index (χ0v) is 18.5. The number of hydrogen-bond donors (Lipinski definition) is 1.